The van der Waals surface area contributed by atoms with Crippen molar-refractivity contribution in [3.8, 4) is 33.4 Å². The topological polar surface area (TPSA) is 3.24 Å². The lowest BCUT2D eigenvalue weighted by Gasteiger charge is -2.36. The highest BCUT2D eigenvalue weighted by atomic mass is 15.1. The van der Waals surface area contributed by atoms with E-state index >= 15 is 0 Å². The van der Waals surface area contributed by atoms with Gasteiger partial charge in [-0.1, -0.05) is 273 Å². The Hall–Kier alpha value is -9.56. The average Bonchev–Trinajstić information content (AvgIpc) is 4.14. The summed E-state index contributed by atoms with van der Waals surface area (Å²) < 4.78 is 0. The number of rotatable bonds is 9. The van der Waals surface area contributed by atoms with Crippen LogP contribution < -0.4 is 4.90 Å². The van der Waals surface area contributed by atoms with Crippen molar-refractivity contribution in [3.63, 3.8) is 0 Å². The number of hydrogen-bond acceptors (Lipinski definition) is 1. The molecule has 0 fully saturated rings. The number of hydrogen-bond donors (Lipinski definition) is 0. The maximum Gasteiger partial charge on any atom is 0.0714 e. The predicted molar refractivity (Wildman–Crippen MR) is 313 cm³/mol. The van der Waals surface area contributed by atoms with Crippen LogP contribution in [0.2, 0.25) is 0 Å². The SMILES string of the molecule is c1ccc(C2(c3ccccc3)c3ccccc3-c3cc(N(c4ccc5c(c4)C(c4ccccc4)(c4ccccc4)c4ccccc4-5)c4ccc5c(c4)C(c4ccccc4)(c4ccccc4)c4ccccc4-5)ccc32)cc1. The van der Waals surface area contributed by atoms with Gasteiger partial charge in [0.05, 0.1) is 16.2 Å². The van der Waals surface area contributed by atoms with Gasteiger partial charge in [0.15, 0.2) is 0 Å². The number of anilines is 3. The highest BCUT2D eigenvalue weighted by molar-refractivity contribution is 5.94. The molecule has 0 amide bonds. The lowest BCUT2D eigenvalue weighted by atomic mass is 9.67. The van der Waals surface area contributed by atoms with Crippen molar-refractivity contribution in [2.24, 2.45) is 0 Å². The fraction of sp³-hybridized carbons (Fsp3) is 0.0400. The van der Waals surface area contributed by atoms with Crippen LogP contribution in [0.25, 0.3) is 33.4 Å². The second kappa shape index (κ2) is 17.3. The second-order valence-electron chi connectivity index (χ2n) is 20.6. The molecule has 12 aromatic carbocycles. The number of fused-ring (bicyclic) bond motifs is 9. The Bertz CT molecular complexity index is 3850. The van der Waals surface area contributed by atoms with E-state index < -0.39 is 16.2 Å². The van der Waals surface area contributed by atoms with Gasteiger partial charge in [-0.15, -0.1) is 0 Å². The molecule has 15 rings (SSSR count). The molecule has 3 aliphatic carbocycles. The van der Waals surface area contributed by atoms with Gasteiger partial charge in [0.25, 0.3) is 0 Å². The highest BCUT2D eigenvalue weighted by Crippen LogP contribution is 2.61. The molecule has 0 saturated heterocycles. The van der Waals surface area contributed by atoms with E-state index in [1.165, 1.54) is 100 Å². The Morgan fingerprint density at radius 1 is 0.171 bits per heavy atom. The summed E-state index contributed by atoms with van der Waals surface area (Å²) in [4.78, 5) is 2.54. The standard InChI is InChI=1S/C75H51N/c1-7-25-52(26-8-1)73(53-27-9-2-10-28-53)69-42-24-21-39-63(69)66-49-58(45-48-70(66)73)76(59-43-46-64-61-37-19-22-40-67(61)74(71(64)50-59,54-29-11-3-12-30-54)55-31-13-4-14-32-55)60-44-47-65-62-38-20-23-41-68(62)75(72(65)51-60,56-33-15-5-16-34-56)57-35-17-6-18-36-57/h1-51H. The molecule has 0 saturated carbocycles. The summed E-state index contributed by atoms with van der Waals surface area (Å²) >= 11 is 0. The molecule has 1 nitrogen and oxygen atoms in total. The van der Waals surface area contributed by atoms with Gasteiger partial charge in [-0.25, -0.2) is 0 Å². The summed E-state index contributed by atoms with van der Waals surface area (Å²) in [7, 11) is 0. The fourth-order valence-electron chi connectivity index (χ4n) is 14.2. The lowest BCUT2D eigenvalue weighted by molar-refractivity contribution is 0.767. The third-order valence-corrected chi connectivity index (χ3v) is 17.1. The van der Waals surface area contributed by atoms with Crippen LogP contribution in [0.15, 0.2) is 309 Å². The third-order valence-electron chi connectivity index (χ3n) is 17.1. The molecule has 0 bridgehead atoms. The Kier molecular flexibility index (Phi) is 9.99. The van der Waals surface area contributed by atoms with Crippen LogP contribution in [0, 0.1) is 0 Å². The van der Waals surface area contributed by atoms with Gasteiger partial charge in [-0.2, -0.15) is 0 Å². The zero-order chi connectivity index (χ0) is 50.3. The first-order valence-corrected chi connectivity index (χ1v) is 26.6. The highest BCUT2D eigenvalue weighted by Gasteiger charge is 2.49. The number of nitrogens with zero attached hydrogens (tertiary/aromatic N) is 1. The average molecular weight is 966 g/mol. The minimum Gasteiger partial charge on any atom is -0.310 e. The number of benzene rings is 12. The van der Waals surface area contributed by atoms with Crippen LogP contribution in [-0.2, 0) is 16.2 Å². The van der Waals surface area contributed by atoms with Gasteiger partial charge in [-0.05, 0) is 137 Å². The smallest absolute Gasteiger partial charge is 0.0714 e. The molecular weight excluding hydrogens is 915 g/mol. The van der Waals surface area contributed by atoms with E-state index in [1.54, 1.807) is 0 Å². The largest absolute Gasteiger partial charge is 0.310 e. The van der Waals surface area contributed by atoms with Crippen molar-refractivity contribution in [2.45, 2.75) is 16.2 Å². The second-order valence-corrected chi connectivity index (χ2v) is 20.6. The molecule has 0 heterocycles. The van der Waals surface area contributed by atoms with Crippen LogP contribution >= 0.6 is 0 Å². The predicted octanol–water partition coefficient (Wildman–Crippen LogP) is 18.2. The molecular formula is C75H51N. The first-order valence-electron chi connectivity index (χ1n) is 26.6. The molecule has 76 heavy (non-hydrogen) atoms. The maximum atomic E-state index is 2.54. The molecule has 356 valence electrons. The molecule has 0 atom stereocenters. The van der Waals surface area contributed by atoms with Gasteiger partial charge in [0.1, 0.15) is 0 Å². The van der Waals surface area contributed by atoms with Gasteiger partial charge in [-0.3, -0.25) is 0 Å². The van der Waals surface area contributed by atoms with Crippen molar-refractivity contribution >= 4 is 17.1 Å². The van der Waals surface area contributed by atoms with Crippen molar-refractivity contribution in [2.75, 3.05) is 4.90 Å². The van der Waals surface area contributed by atoms with Crippen molar-refractivity contribution in [1.29, 1.82) is 0 Å². The van der Waals surface area contributed by atoms with Crippen LogP contribution in [0.4, 0.5) is 17.1 Å². The Labute approximate surface area is 445 Å². The Morgan fingerprint density at radius 3 is 0.750 bits per heavy atom. The lowest BCUT2D eigenvalue weighted by Crippen LogP contribution is -2.29. The van der Waals surface area contributed by atoms with Gasteiger partial charge >= 0.3 is 0 Å². The van der Waals surface area contributed by atoms with E-state index in [-0.39, 0.29) is 0 Å². The minimum atomic E-state index is -0.576. The van der Waals surface area contributed by atoms with E-state index in [0.29, 0.717) is 0 Å². The summed E-state index contributed by atoms with van der Waals surface area (Å²) in [5.41, 5.74) is 24.3. The van der Waals surface area contributed by atoms with E-state index in [0.717, 1.165) is 17.1 Å². The van der Waals surface area contributed by atoms with E-state index in [2.05, 4.69) is 314 Å². The summed E-state index contributed by atoms with van der Waals surface area (Å²) in [5.74, 6) is 0. The molecule has 0 aromatic heterocycles. The molecule has 12 aromatic rings. The van der Waals surface area contributed by atoms with E-state index in [4.69, 9.17) is 0 Å². The maximum absolute atomic E-state index is 2.54. The van der Waals surface area contributed by atoms with E-state index in [1.807, 2.05) is 0 Å². The first-order chi connectivity index (χ1) is 37.7. The summed E-state index contributed by atoms with van der Waals surface area (Å²) in [6, 6.07) is 116. The molecule has 0 unspecified atom stereocenters. The van der Waals surface area contributed by atoms with Gasteiger partial charge in [0.2, 0.25) is 0 Å². The zero-order valence-electron chi connectivity index (χ0n) is 41.9. The monoisotopic (exact) mass is 965 g/mol. The van der Waals surface area contributed by atoms with Crippen LogP contribution in [0.1, 0.15) is 66.8 Å². The van der Waals surface area contributed by atoms with Crippen LogP contribution in [0.3, 0.4) is 0 Å². The van der Waals surface area contributed by atoms with Gasteiger partial charge < -0.3 is 4.90 Å². The van der Waals surface area contributed by atoms with Crippen molar-refractivity contribution < 1.29 is 0 Å². The summed E-state index contributed by atoms with van der Waals surface area (Å²) in [6.45, 7) is 0. The van der Waals surface area contributed by atoms with Crippen molar-refractivity contribution in [3.05, 3.63) is 376 Å². The summed E-state index contributed by atoms with van der Waals surface area (Å²) in [5, 5.41) is 0. The third kappa shape index (κ3) is 6.09. The van der Waals surface area contributed by atoms with Gasteiger partial charge in [0, 0.05) is 17.1 Å². The first kappa shape index (κ1) is 44.0. The Balaban J connectivity index is 1.03. The molecule has 0 spiro atoms. The Morgan fingerprint density at radius 2 is 0.408 bits per heavy atom. The van der Waals surface area contributed by atoms with E-state index in [9.17, 15) is 0 Å². The van der Waals surface area contributed by atoms with Crippen LogP contribution in [-0.4, -0.2) is 0 Å². The normalized spacial score (nSPS) is 14.4. The molecule has 0 radical (unpaired) electrons. The summed E-state index contributed by atoms with van der Waals surface area (Å²) in [6.07, 6.45) is 0. The molecule has 0 aliphatic heterocycles. The zero-order valence-corrected chi connectivity index (χ0v) is 41.9. The van der Waals surface area contributed by atoms with Crippen molar-refractivity contribution in [1.82, 2.24) is 0 Å². The fourth-order valence-corrected chi connectivity index (χ4v) is 14.2. The molecule has 3 aliphatic rings. The quantitative estimate of drug-likeness (QED) is 0.139. The molecule has 1 heteroatoms. The van der Waals surface area contributed by atoms with Crippen LogP contribution in [0.5, 0.6) is 0 Å². The minimum absolute atomic E-state index is 0.521. The molecule has 0 N–H and O–H groups in total.